The highest BCUT2D eigenvalue weighted by Gasteiger charge is 2.23. The Kier molecular flexibility index (Phi) is 4.39. The van der Waals surface area contributed by atoms with Gasteiger partial charge in [-0.2, -0.15) is 0 Å². The maximum atomic E-state index is 11.9. The summed E-state index contributed by atoms with van der Waals surface area (Å²) < 4.78 is 5.20. The van der Waals surface area contributed by atoms with E-state index in [1.165, 1.54) is 0 Å². The molecule has 0 aliphatic carbocycles. The highest BCUT2D eigenvalue weighted by molar-refractivity contribution is 5.89. The number of piperidine rings is 1. The minimum Gasteiger partial charge on any atom is -0.496 e. The highest BCUT2D eigenvalue weighted by Crippen LogP contribution is 2.17. The molecule has 0 spiro atoms. The number of hydrogen-bond donors (Lipinski definition) is 2. The second kappa shape index (κ2) is 6.22. The average Bonchev–Trinajstić information content (AvgIpc) is 2.42. The number of benzene rings is 1. The molecule has 1 fully saturated rings. The van der Waals surface area contributed by atoms with Crippen molar-refractivity contribution in [2.45, 2.75) is 25.3 Å². The quantitative estimate of drug-likeness (QED) is 0.836. The van der Waals surface area contributed by atoms with E-state index in [1.54, 1.807) is 7.11 Å². The highest BCUT2D eigenvalue weighted by atomic mass is 16.5. The molecule has 5 heteroatoms. The van der Waals surface area contributed by atoms with Crippen molar-refractivity contribution in [2.24, 2.45) is 0 Å². The van der Waals surface area contributed by atoms with Crippen LogP contribution in [0.15, 0.2) is 24.3 Å². The predicted octanol–water partition coefficient (Wildman–Crippen LogP) is 0.632. The summed E-state index contributed by atoms with van der Waals surface area (Å²) in [5, 5.41) is 5.51. The molecule has 0 saturated carbocycles. The normalized spacial score (nSPS) is 18.6. The standard InChI is InChI=1S/C14H18N2O3/c1-19-12-7-3-2-5-10(12)9-13(17)16-11-6-4-8-15-14(11)18/h2-3,5,7,11H,4,6,8-9H2,1H3,(H,15,18)(H,16,17)/t11-/m0/s1. The van der Waals surface area contributed by atoms with Crippen LogP contribution in [0.25, 0.3) is 0 Å². The van der Waals surface area contributed by atoms with E-state index in [0.717, 1.165) is 12.0 Å². The zero-order valence-electron chi connectivity index (χ0n) is 10.9. The molecule has 1 aliphatic heterocycles. The van der Waals surface area contributed by atoms with Crippen LogP contribution >= 0.6 is 0 Å². The lowest BCUT2D eigenvalue weighted by atomic mass is 10.1. The lowest BCUT2D eigenvalue weighted by Crippen LogP contribution is -2.50. The van der Waals surface area contributed by atoms with Gasteiger partial charge in [0.25, 0.3) is 0 Å². The van der Waals surface area contributed by atoms with Gasteiger partial charge in [-0.05, 0) is 18.9 Å². The second-order valence-corrected chi connectivity index (χ2v) is 4.54. The molecule has 0 unspecified atom stereocenters. The molecule has 1 aliphatic rings. The van der Waals surface area contributed by atoms with Gasteiger partial charge in [0.1, 0.15) is 11.8 Å². The summed E-state index contributed by atoms with van der Waals surface area (Å²) in [4.78, 5) is 23.5. The smallest absolute Gasteiger partial charge is 0.242 e. The Morgan fingerprint density at radius 1 is 1.47 bits per heavy atom. The van der Waals surface area contributed by atoms with Crippen LogP contribution in [0.3, 0.4) is 0 Å². The van der Waals surface area contributed by atoms with Crippen molar-refractivity contribution < 1.29 is 14.3 Å². The van der Waals surface area contributed by atoms with E-state index >= 15 is 0 Å². The molecule has 1 heterocycles. The molecule has 1 aromatic carbocycles. The Balaban J connectivity index is 1.95. The summed E-state index contributed by atoms with van der Waals surface area (Å²) in [6, 6.07) is 6.97. The summed E-state index contributed by atoms with van der Waals surface area (Å²) in [6.07, 6.45) is 1.81. The monoisotopic (exact) mass is 262 g/mol. The Labute approximate surface area is 112 Å². The largest absolute Gasteiger partial charge is 0.496 e. The molecule has 1 atom stereocenters. The van der Waals surface area contributed by atoms with Gasteiger partial charge in [0.2, 0.25) is 11.8 Å². The van der Waals surface area contributed by atoms with E-state index in [1.807, 2.05) is 24.3 Å². The average molecular weight is 262 g/mol. The van der Waals surface area contributed by atoms with Crippen LogP contribution in [-0.2, 0) is 16.0 Å². The lowest BCUT2D eigenvalue weighted by molar-refractivity contribution is -0.129. The summed E-state index contributed by atoms with van der Waals surface area (Å²) in [7, 11) is 1.57. The van der Waals surface area contributed by atoms with E-state index in [0.29, 0.717) is 18.7 Å². The molecule has 0 bridgehead atoms. The minimum absolute atomic E-state index is 0.0976. The summed E-state index contributed by atoms with van der Waals surface area (Å²) >= 11 is 0. The maximum Gasteiger partial charge on any atom is 0.242 e. The van der Waals surface area contributed by atoms with Gasteiger partial charge >= 0.3 is 0 Å². The van der Waals surface area contributed by atoms with E-state index < -0.39 is 6.04 Å². The first-order chi connectivity index (χ1) is 9.20. The molecule has 2 amide bonds. The third-order valence-corrected chi connectivity index (χ3v) is 3.16. The molecule has 1 saturated heterocycles. The fourth-order valence-electron chi connectivity index (χ4n) is 2.18. The predicted molar refractivity (Wildman–Crippen MR) is 70.9 cm³/mol. The fraction of sp³-hybridized carbons (Fsp3) is 0.429. The molecule has 5 nitrogen and oxygen atoms in total. The van der Waals surface area contributed by atoms with Gasteiger partial charge in [0.15, 0.2) is 0 Å². The summed E-state index contributed by atoms with van der Waals surface area (Å²) in [5.74, 6) is 0.428. The number of carbonyl (C=O) groups excluding carboxylic acids is 2. The van der Waals surface area contributed by atoms with Crippen molar-refractivity contribution in [3.05, 3.63) is 29.8 Å². The topological polar surface area (TPSA) is 67.4 Å². The zero-order valence-corrected chi connectivity index (χ0v) is 10.9. The number of methoxy groups -OCH3 is 1. The minimum atomic E-state index is -0.407. The van der Waals surface area contributed by atoms with Crippen LogP contribution in [-0.4, -0.2) is 31.5 Å². The summed E-state index contributed by atoms with van der Waals surface area (Å²) in [5.41, 5.74) is 0.818. The van der Waals surface area contributed by atoms with E-state index in [2.05, 4.69) is 10.6 Å². The maximum absolute atomic E-state index is 11.9. The van der Waals surface area contributed by atoms with Crippen molar-refractivity contribution in [1.82, 2.24) is 10.6 Å². The Morgan fingerprint density at radius 2 is 2.26 bits per heavy atom. The third kappa shape index (κ3) is 3.47. The second-order valence-electron chi connectivity index (χ2n) is 4.54. The number of nitrogens with one attached hydrogen (secondary N) is 2. The van der Waals surface area contributed by atoms with Gasteiger partial charge in [-0.3, -0.25) is 9.59 Å². The lowest BCUT2D eigenvalue weighted by Gasteiger charge is -2.22. The number of hydrogen-bond acceptors (Lipinski definition) is 3. The SMILES string of the molecule is COc1ccccc1CC(=O)N[C@H]1CCCNC1=O. The number of para-hydroxylation sites is 1. The van der Waals surface area contributed by atoms with Gasteiger partial charge in [-0.1, -0.05) is 18.2 Å². The Morgan fingerprint density at radius 3 is 3.00 bits per heavy atom. The summed E-state index contributed by atoms with van der Waals surface area (Å²) in [6.45, 7) is 0.692. The van der Waals surface area contributed by atoms with Crippen LogP contribution in [0, 0.1) is 0 Å². The molecule has 2 N–H and O–H groups in total. The molecular formula is C14H18N2O3. The molecule has 19 heavy (non-hydrogen) atoms. The Bertz CT molecular complexity index is 474. The van der Waals surface area contributed by atoms with Crippen molar-refractivity contribution >= 4 is 11.8 Å². The molecule has 0 radical (unpaired) electrons. The first-order valence-corrected chi connectivity index (χ1v) is 6.39. The van der Waals surface area contributed by atoms with Gasteiger partial charge in [0, 0.05) is 12.1 Å². The molecular weight excluding hydrogens is 244 g/mol. The van der Waals surface area contributed by atoms with E-state index in [-0.39, 0.29) is 18.2 Å². The Hall–Kier alpha value is -2.04. The third-order valence-electron chi connectivity index (χ3n) is 3.16. The van der Waals surface area contributed by atoms with Gasteiger partial charge in [0.05, 0.1) is 13.5 Å². The van der Waals surface area contributed by atoms with Gasteiger partial charge in [-0.15, -0.1) is 0 Å². The van der Waals surface area contributed by atoms with Crippen molar-refractivity contribution in [2.75, 3.05) is 13.7 Å². The van der Waals surface area contributed by atoms with Gasteiger partial charge < -0.3 is 15.4 Å². The zero-order chi connectivity index (χ0) is 13.7. The number of amides is 2. The van der Waals surface area contributed by atoms with Crippen LogP contribution < -0.4 is 15.4 Å². The fourth-order valence-corrected chi connectivity index (χ4v) is 2.18. The number of rotatable bonds is 4. The first kappa shape index (κ1) is 13.4. The van der Waals surface area contributed by atoms with Crippen molar-refractivity contribution in [3.63, 3.8) is 0 Å². The number of carbonyl (C=O) groups is 2. The molecule has 102 valence electrons. The first-order valence-electron chi connectivity index (χ1n) is 6.39. The molecule has 2 rings (SSSR count). The van der Waals surface area contributed by atoms with E-state index in [4.69, 9.17) is 4.74 Å². The van der Waals surface area contributed by atoms with Gasteiger partial charge in [-0.25, -0.2) is 0 Å². The van der Waals surface area contributed by atoms with Crippen molar-refractivity contribution in [3.8, 4) is 5.75 Å². The van der Waals surface area contributed by atoms with Crippen molar-refractivity contribution in [1.29, 1.82) is 0 Å². The van der Waals surface area contributed by atoms with Crippen LogP contribution in [0.5, 0.6) is 5.75 Å². The number of ether oxygens (including phenoxy) is 1. The molecule has 0 aromatic heterocycles. The molecule has 1 aromatic rings. The van der Waals surface area contributed by atoms with Crippen LogP contribution in [0.2, 0.25) is 0 Å². The van der Waals surface area contributed by atoms with E-state index in [9.17, 15) is 9.59 Å². The van der Waals surface area contributed by atoms with Crippen LogP contribution in [0.4, 0.5) is 0 Å². The van der Waals surface area contributed by atoms with Crippen LogP contribution in [0.1, 0.15) is 18.4 Å².